The number of hydrogen-bond donors (Lipinski definition) is 0. The van der Waals surface area contributed by atoms with E-state index in [1.54, 1.807) is 12.1 Å². The van der Waals surface area contributed by atoms with Crippen LogP contribution in [0.5, 0.6) is 0 Å². The molecule has 1 heterocycles. The van der Waals surface area contributed by atoms with E-state index in [9.17, 15) is 9.59 Å². The highest BCUT2D eigenvalue weighted by molar-refractivity contribution is 6.30. The van der Waals surface area contributed by atoms with E-state index in [0.29, 0.717) is 31.1 Å². The van der Waals surface area contributed by atoms with E-state index < -0.39 is 0 Å². The van der Waals surface area contributed by atoms with Gasteiger partial charge < -0.3 is 9.80 Å². The maximum absolute atomic E-state index is 12.4. The van der Waals surface area contributed by atoms with E-state index in [1.165, 1.54) is 0 Å². The molecule has 0 radical (unpaired) electrons. The first kappa shape index (κ1) is 16.8. The van der Waals surface area contributed by atoms with Crippen molar-refractivity contribution in [1.82, 2.24) is 9.80 Å². The first-order valence-electron chi connectivity index (χ1n) is 7.78. The molecule has 2 amide bonds. The molecule has 0 bridgehead atoms. The molecule has 1 aromatic carbocycles. The molecule has 4 nitrogen and oxygen atoms in total. The Balaban J connectivity index is 1.91. The summed E-state index contributed by atoms with van der Waals surface area (Å²) < 4.78 is 0. The summed E-state index contributed by atoms with van der Waals surface area (Å²) in [5.74, 6) is 0.296. The molecule has 120 valence electrons. The van der Waals surface area contributed by atoms with Crippen LogP contribution in [0.25, 0.3) is 0 Å². The molecule has 5 heteroatoms. The fourth-order valence-electron chi connectivity index (χ4n) is 2.64. The summed E-state index contributed by atoms with van der Waals surface area (Å²) in [5, 5.41) is 0.675. The van der Waals surface area contributed by atoms with Crippen molar-refractivity contribution in [3.8, 4) is 0 Å². The largest absolute Gasteiger partial charge is 0.341 e. The molecule has 0 aromatic heterocycles. The third-order valence-corrected chi connectivity index (χ3v) is 4.17. The van der Waals surface area contributed by atoms with Crippen LogP contribution in [0, 0.1) is 5.92 Å². The second kappa shape index (κ2) is 7.63. The van der Waals surface area contributed by atoms with Gasteiger partial charge >= 0.3 is 0 Å². The molecule has 0 atom stereocenters. The number of halogens is 1. The van der Waals surface area contributed by atoms with Gasteiger partial charge in [-0.25, -0.2) is 0 Å². The number of amides is 2. The van der Waals surface area contributed by atoms with Crippen molar-refractivity contribution in [1.29, 1.82) is 0 Å². The summed E-state index contributed by atoms with van der Waals surface area (Å²) in [6.07, 6.45) is 1.22. The van der Waals surface area contributed by atoms with Gasteiger partial charge in [0.05, 0.1) is 6.42 Å². The summed E-state index contributed by atoms with van der Waals surface area (Å²) >= 11 is 5.86. The normalized spacial score (nSPS) is 15.8. The second-order valence-corrected chi connectivity index (χ2v) is 6.45. The lowest BCUT2D eigenvalue weighted by molar-refractivity contribution is -0.135. The average molecular weight is 323 g/mol. The standard InChI is InChI=1S/C17H23ClN2O2/c1-13(2)17(22)20-9-3-8-19(10-11-20)16(21)12-14-4-6-15(18)7-5-14/h4-7,13H,3,8-12H2,1-2H3. The van der Waals surface area contributed by atoms with Crippen molar-refractivity contribution in [2.75, 3.05) is 26.2 Å². The number of carbonyl (C=O) groups excluding carboxylic acids is 2. The van der Waals surface area contributed by atoms with Gasteiger partial charge in [0.25, 0.3) is 0 Å². The minimum absolute atomic E-state index is 0.0105. The molecule has 22 heavy (non-hydrogen) atoms. The predicted octanol–water partition coefficient (Wildman–Crippen LogP) is 2.60. The molecule has 0 saturated carbocycles. The van der Waals surface area contributed by atoms with E-state index in [-0.39, 0.29) is 17.7 Å². The molecule has 1 saturated heterocycles. The summed E-state index contributed by atoms with van der Waals surface area (Å²) in [6, 6.07) is 7.37. The molecule has 0 spiro atoms. The summed E-state index contributed by atoms with van der Waals surface area (Å²) in [6.45, 7) is 6.53. The van der Waals surface area contributed by atoms with Gasteiger partial charge in [-0.2, -0.15) is 0 Å². The van der Waals surface area contributed by atoms with Crippen LogP contribution < -0.4 is 0 Å². The molecule has 1 aliphatic rings. The highest BCUT2D eigenvalue weighted by atomic mass is 35.5. The van der Waals surface area contributed by atoms with Gasteiger partial charge in [-0.3, -0.25) is 9.59 Å². The Kier molecular flexibility index (Phi) is 5.83. The van der Waals surface area contributed by atoms with Crippen LogP contribution in [0.2, 0.25) is 5.02 Å². The van der Waals surface area contributed by atoms with Crippen LogP contribution in [0.1, 0.15) is 25.8 Å². The number of carbonyl (C=O) groups is 2. The Morgan fingerprint density at radius 1 is 1.05 bits per heavy atom. The number of nitrogens with zero attached hydrogens (tertiary/aromatic N) is 2. The van der Waals surface area contributed by atoms with Gasteiger partial charge in [-0.1, -0.05) is 37.6 Å². The lowest BCUT2D eigenvalue weighted by Gasteiger charge is -2.23. The Bertz CT molecular complexity index is 528. The van der Waals surface area contributed by atoms with Crippen molar-refractivity contribution in [2.45, 2.75) is 26.7 Å². The minimum atomic E-state index is 0.0105. The van der Waals surface area contributed by atoms with E-state index >= 15 is 0 Å². The predicted molar refractivity (Wildman–Crippen MR) is 87.8 cm³/mol. The van der Waals surface area contributed by atoms with Gasteiger partial charge in [0.1, 0.15) is 0 Å². The van der Waals surface area contributed by atoms with E-state index in [0.717, 1.165) is 18.5 Å². The molecule has 0 aliphatic carbocycles. The van der Waals surface area contributed by atoms with E-state index in [2.05, 4.69) is 0 Å². The van der Waals surface area contributed by atoms with Crippen LogP contribution >= 0.6 is 11.6 Å². The quantitative estimate of drug-likeness (QED) is 0.858. The fraction of sp³-hybridized carbons (Fsp3) is 0.529. The van der Waals surface area contributed by atoms with Crippen LogP contribution in [-0.2, 0) is 16.0 Å². The Morgan fingerprint density at radius 3 is 2.27 bits per heavy atom. The summed E-state index contributed by atoms with van der Waals surface area (Å²) in [5.41, 5.74) is 0.966. The van der Waals surface area contributed by atoms with Crippen molar-refractivity contribution in [3.63, 3.8) is 0 Å². The molecule has 1 fully saturated rings. The van der Waals surface area contributed by atoms with Crippen LogP contribution in [-0.4, -0.2) is 47.8 Å². The third-order valence-electron chi connectivity index (χ3n) is 3.92. The fourth-order valence-corrected chi connectivity index (χ4v) is 2.77. The van der Waals surface area contributed by atoms with Crippen molar-refractivity contribution in [3.05, 3.63) is 34.9 Å². The van der Waals surface area contributed by atoms with Gasteiger partial charge in [0.2, 0.25) is 11.8 Å². The monoisotopic (exact) mass is 322 g/mol. The Labute approximate surface area is 137 Å². The molecule has 0 unspecified atom stereocenters. The Hall–Kier alpha value is -1.55. The topological polar surface area (TPSA) is 40.6 Å². The molecule has 1 aliphatic heterocycles. The second-order valence-electron chi connectivity index (χ2n) is 6.02. The SMILES string of the molecule is CC(C)C(=O)N1CCCN(C(=O)Cc2ccc(Cl)cc2)CC1. The zero-order valence-corrected chi connectivity index (χ0v) is 14.0. The van der Waals surface area contributed by atoms with Crippen LogP contribution in [0.4, 0.5) is 0 Å². The molecular formula is C17H23ClN2O2. The van der Waals surface area contributed by atoms with Gasteiger partial charge in [-0.05, 0) is 24.1 Å². The van der Waals surface area contributed by atoms with Crippen LogP contribution in [0.3, 0.4) is 0 Å². The minimum Gasteiger partial charge on any atom is -0.341 e. The molecule has 2 rings (SSSR count). The number of benzene rings is 1. The highest BCUT2D eigenvalue weighted by Crippen LogP contribution is 2.12. The lowest BCUT2D eigenvalue weighted by atomic mass is 10.1. The third kappa shape index (κ3) is 4.47. The van der Waals surface area contributed by atoms with Gasteiger partial charge in [0, 0.05) is 37.1 Å². The highest BCUT2D eigenvalue weighted by Gasteiger charge is 2.23. The van der Waals surface area contributed by atoms with E-state index in [1.807, 2.05) is 35.8 Å². The van der Waals surface area contributed by atoms with Crippen molar-refractivity contribution < 1.29 is 9.59 Å². The maximum Gasteiger partial charge on any atom is 0.227 e. The van der Waals surface area contributed by atoms with Crippen molar-refractivity contribution in [2.24, 2.45) is 5.92 Å². The smallest absolute Gasteiger partial charge is 0.227 e. The van der Waals surface area contributed by atoms with Gasteiger partial charge in [0.15, 0.2) is 0 Å². The summed E-state index contributed by atoms with van der Waals surface area (Å²) in [4.78, 5) is 28.2. The molecule has 1 aromatic rings. The summed E-state index contributed by atoms with van der Waals surface area (Å²) in [7, 11) is 0. The van der Waals surface area contributed by atoms with Crippen molar-refractivity contribution >= 4 is 23.4 Å². The maximum atomic E-state index is 12.4. The Morgan fingerprint density at radius 2 is 1.64 bits per heavy atom. The van der Waals surface area contributed by atoms with Crippen LogP contribution in [0.15, 0.2) is 24.3 Å². The average Bonchev–Trinajstić information content (AvgIpc) is 2.74. The first-order chi connectivity index (χ1) is 10.5. The first-order valence-corrected chi connectivity index (χ1v) is 8.16. The number of rotatable bonds is 3. The molecular weight excluding hydrogens is 300 g/mol. The molecule has 0 N–H and O–H groups in total. The zero-order valence-electron chi connectivity index (χ0n) is 13.2. The number of hydrogen-bond acceptors (Lipinski definition) is 2. The van der Waals surface area contributed by atoms with Gasteiger partial charge in [-0.15, -0.1) is 0 Å². The zero-order chi connectivity index (χ0) is 16.1. The lowest BCUT2D eigenvalue weighted by Crippen LogP contribution is -2.39. The van der Waals surface area contributed by atoms with E-state index in [4.69, 9.17) is 11.6 Å².